The summed E-state index contributed by atoms with van der Waals surface area (Å²) in [5.74, 6) is 1.12. The van der Waals surface area contributed by atoms with E-state index >= 15 is 0 Å². The second-order valence-corrected chi connectivity index (χ2v) is 6.56. The van der Waals surface area contributed by atoms with Gasteiger partial charge in [-0.15, -0.1) is 0 Å². The zero-order valence-electron chi connectivity index (χ0n) is 12.6. The van der Waals surface area contributed by atoms with Crippen LogP contribution in [-0.4, -0.2) is 27.5 Å². The minimum absolute atomic E-state index is 0.138. The molecule has 108 valence electrons. The Balaban J connectivity index is 2.14. The molecule has 2 aromatic rings. The molecule has 4 heteroatoms. The van der Waals surface area contributed by atoms with Crippen molar-refractivity contribution in [3.8, 4) is 0 Å². The summed E-state index contributed by atoms with van der Waals surface area (Å²) in [4.78, 5) is 7.33. The Hall–Kier alpha value is -1.55. The van der Waals surface area contributed by atoms with Crippen LogP contribution in [0.15, 0.2) is 24.4 Å². The van der Waals surface area contributed by atoms with Gasteiger partial charge in [-0.25, -0.2) is 4.98 Å². The molecule has 1 aliphatic rings. The normalized spacial score (nSPS) is 19.7. The van der Waals surface area contributed by atoms with Crippen molar-refractivity contribution in [2.45, 2.75) is 51.6 Å². The number of fused-ring (bicyclic) bond motifs is 1. The van der Waals surface area contributed by atoms with Crippen LogP contribution in [0.4, 0.5) is 5.82 Å². The molecule has 3 rings (SSSR count). The lowest BCUT2D eigenvalue weighted by molar-refractivity contribution is 0.513. The highest BCUT2D eigenvalue weighted by Gasteiger charge is 2.35. The molecule has 0 bridgehead atoms. The molecule has 0 spiro atoms. The summed E-state index contributed by atoms with van der Waals surface area (Å²) in [5, 5.41) is 0. The molecule has 4 nitrogen and oxygen atoms in total. The van der Waals surface area contributed by atoms with Crippen LogP contribution in [0.1, 0.15) is 39.3 Å². The highest BCUT2D eigenvalue weighted by molar-refractivity contribution is 5.58. The van der Waals surface area contributed by atoms with E-state index in [2.05, 4.69) is 48.4 Å². The Labute approximate surface area is 120 Å². The first-order chi connectivity index (χ1) is 9.49. The second-order valence-electron chi connectivity index (χ2n) is 6.56. The molecule has 1 atom stereocenters. The number of imidazole rings is 1. The van der Waals surface area contributed by atoms with Crippen LogP contribution in [0.25, 0.3) is 5.65 Å². The van der Waals surface area contributed by atoms with Gasteiger partial charge in [0.25, 0.3) is 0 Å². The summed E-state index contributed by atoms with van der Waals surface area (Å²) in [6.45, 7) is 7.75. The molecule has 0 aromatic carbocycles. The predicted molar refractivity (Wildman–Crippen MR) is 83.2 cm³/mol. The number of hydrogen-bond donors (Lipinski definition) is 1. The van der Waals surface area contributed by atoms with Gasteiger partial charge in [0, 0.05) is 30.7 Å². The second kappa shape index (κ2) is 4.77. The largest absolute Gasteiger partial charge is 0.350 e. The van der Waals surface area contributed by atoms with E-state index in [-0.39, 0.29) is 11.6 Å². The van der Waals surface area contributed by atoms with E-state index in [4.69, 9.17) is 10.7 Å². The van der Waals surface area contributed by atoms with Gasteiger partial charge in [-0.1, -0.05) is 6.07 Å². The van der Waals surface area contributed by atoms with Crippen LogP contribution >= 0.6 is 0 Å². The Kier molecular flexibility index (Phi) is 3.21. The average molecular weight is 272 g/mol. The van der Waals surface area contributed by atoms with Gasteiger partial charge in [-0.3, -0.25) is 0 Å². The van der Waals surface area contributed by atoms with Gasteiger partial charge in [0.15, 0.2) is 5.82 Å². The number of nitrogens with two attached hydrogens (primary N) is 1. The molecule has 3 heterocycles. The Morgan fingerprint density at radius 2 is 2.20 bits per heavy atom. The fourth-order valence-electron chi connectivity index (χ4n) is 3.24. The van der Waals surface area contributed by atoms with Gasteiger partial charge in [0.05, 0.1) is 5.69 Å². The summed E-state index contributed by atoms with van der Waals surface area (Å²) in [6.07, 6.45) is 5.40. The lowest BCUT2D eigenvalue weighted by Crippen LogP contribution is -2.39. The Morgan fingerprint density at radius 1 is 1.40 bits per heavy atom. The number of aromatic nitrogens is 2. The van der Waals surface area contributed by atoms with Gasteiger partial charge >= 0.3 is 0 Å². The Morgan fingerprint density at radius 3 is 2.85 bits per heavy atom. The smallest absolute Gasteiger partial charge is 0.151 e. The quantitative estimate of drug-likeness (QED) is 0.934. The van der Waals surface area contributed by atoms with Crippen molar-refractivity contribution >= 4 is 11.5 Å². The fourth-order valence-corrected chi connectivity index (χ4v) is 3.24. The van der Waals surface area contributed by atoms with Crippen LogP contribution in [0, 0.1) is 0 Å². The highest BCUT2D eigenvalue weighted by atomic mass is 15.3. The third-order valence-electron chi connectivity index (χ3n) is 4.28. The third-order valence-corrected chi connectivity index (χ3v) is 4.28. The van der Waals surface area contributed by atoms with Crippen LogP contribution in [0.2, 0.25) is 0 Å². The summed E-state index contributed by atoms with van der Waals surface area (Å²) >= 11 is 0. The van der Waals surface area contributed by atoms with Crippen LogP contribution in [0.5, 0.6) is 0 Å². The maximum atomic E-state index is 6.05. The van der Waals surface area contributed by atoms with Crippen molar-refractivity contribution in [2.75, 3.05) is 11.4 Å². The molecular formula is C16H24N4. The van der Waals surface area contributed by atoms with Gasteiger partial charge in [0.2, 0.25) is 0 Å². The molecular weight excluding hydrogens is 248 g/mol. The maximum Gasteiger partial charge on any atom is 0.151 e. The van der Waals surface area contributed by atoms with Gasteiger partial charge < -0.3 is 15.0 Å². The third kappa shape index (κ3) is 2.18. The number of rotatable bonds is 3. The van der Waals surface area contributed by atoms with E-state index < -0.39 is 0 Å². The van der Waals surface area contributed by atoms with E-state index in [9.17, 15) is 0 Å². The zero-order valence-corrected chi connectivity index (χ0v) is 12.6. The number of nitrogens with zero attached hydrogens (tertiary/aromatic N) is 3. The number of pyridine rings is 1. The monoisotopic (exact) mass is 272 g/mol. The zero-order chi connectivity index (χ0) is 14.3. The molecule has 0 amide bonds. The van der Waals surface area contributed by atoms with Gasteiger partial charge in [0.1, 0.15) is 5.65 Å². The van der Waals surface area contributed by atoms with E-state index in [1.54, 1.807) is 0 Å². The van der Waals surface area contributed by atoms with Crippen molar-refractivity contribution in [2.24, 2.45) is 5.73 Å². The molecule has 0 aliphatic carbocycles. The van der Waals surface area contributed by atoms with Crippen molar-refractivity contribution in [3.05, 3.63) is 30.1 Å². The average Bonchev–Trinajstić information content (AvgIpc) is 2.89. The molecule has 1 unspecified atom stereocenters. The SMILES string of the molecule is CC(N)Cc1c(N2CCCC2(C)C)nc2ccccn12. The number of hydrogen-bond acceptors (Lipinski definition) is 3. The molecule has 1 fully saturated rings. The summed E-state index contributed by atoms with van der Waals surface area (Å²) in [5.41, 5.74) is 8.49. The summed E-state index contributed by atoms with van der Waals surface area (Å²) in [6, 6.07) is 6.30. The van der Waals surface area contributed by atoms with Crippen molar-refractivity contribution < 1.29 is 0 Å². The summed E-state index contributed by atoms with van der Waals surface area (Å²) < 4.78 is 2.19. The van der Waals surface area contributed by atoms with E-state index in [0.717, 1.165) is 24.4 Å². The van der Waals surface area contributed by atoms with Crippen molar-refractivity contribution in [1.82, 2.24) is 9.38 Å². The lowest BCUT2D eigenvalue weighted by Gasteiger charge is -2.32. The van der Waals surface area contributed by atoms with E-state index in [0.29, 0.717) is 0 Å². The van der Waals surface area contributed by atoms with Gasteiger partial charge in [-0.05, 0) is 45.7 Å². The fraction of sp³-hybridized carbons (Fsp3) is 0.562. The maximum absolute atomic E-state index is 6.05. The van der Waals surface area contributed by atoms with Crippen molar-refractivity contribution in [1.29, 1.82) is 0 Å². The van der Waals surface area contributed by atoms with Crippen LogP contribution in [-0.2, 0) is 6.42 Å². The first-order valence-corrected chi connectivity index (χ1v) is 7.48. The molecule has 0 saturated carbocycles. The van der Waals surface area contributed by atoms with E-state index in [1.807, 2.05) is 6.07 Å². The molecule has 2 N–H and O–H groups in total. The van der Waals surface area contributed by atoms with Crippen LogP contribution < -0.4 is 10.6 Å². The summed E-state index contributed by atoms with van der Waals surface area (Å²) in [7, 11) is 0. The number of anilines is 1. The predicted octanol–water partition coefficient (Wildman–Crippen LogP) is 2.60. The molecule has 20 heavy (non-hydrogen) atoms. The minimum atomic E-state index is 0.138. The molecule has 1 aliphatic heterocycles. The Bertz CT molecular complexity index is 612. The van der Waals surface area contributed by atoms with Crippen molar-refractivity contribution in [3.63, 3.8) is 0 Å². The van der Waals surface area contributed by atoms with Gasteiger partial charge in [-0.2, -0.15) is 0 Å². The topological polar surface area (TPSA) is 46.6 Å². The molecule has 1 saturated heterocycles. The first-order valence-electron chi connectivity index (χ1n) is 7.48. The highest BCUT2D eigenvalue weighted by Crippen LogP contribution is 2.35. The first kappa shape index (κ1) is 13.4. The van der Waals surface area contributed by atoms with Crippen LogP contribution in [0.3, 0.4) is 0 Å². The molecule has 0 radical (unpaired) electrons. The standard InChI is InChI=1S/C16H24N4/c1-12(17)11-13-15(20-10-6-8-16(20,2)3)18-14-7-4-5-9-19(13)14/h4-5,7,9,12H,6,8,10-11,17H2,1-3H3. The van der Waals surface area contributed by atoms with E-state index in [1.165, 1.54) is 18.5 Å². The lowest BCUT2D eigenvalue weighted by atomic mass is 10.0. The molecule has 2 aromatic heterocycles. The minimum Gasteiger partial charge on any atom is -0.350 e.